The van der Waals surface area contributed by atoms with E-state index in [2.05, 4.69) is 19.2 Å². The molecule has 152 valence electrons. The summed E-state index contributed by atoms with van der Waals surface area (Å²) in [4.78, 5) is 49.7. The van der Waals surface area contributed by atoms with Gasteiger partial charge in [-0.25, -0.2) is 0 Å². The van der Waals surface area contributed by atoms with Crippen LogP contribution in [0.25, 0.3) is 0 Å². The lowest BCUT2D eigenvalue weighted by molar-refractivity contribution is -0.136. The highest BCUT2D eigenvalue weighted by Gasteiger charge is 2.45. The third-order valence-corrected chi connectivity index (χ3v) is 4.29. The molecule has 28 heavy (non-hydrogen) atoms. The predicted molar refractivity (Wildman–Crippen MR) is 103 cm³/mol. The summed E-state index contributed by atoms with van der Waals surface area (Å²) in [6.45, 7) is 5.19. The van der Waals surface area contributed by atoms with Crippen molar-refractivity contribution < 1.29 is 23.9 Å². The van der Waals surface area contributed by atoms with Gasteiger partial charge in [0.1, 0.15) is 11.8 Å². The second kappa shape index (κ2) is 9.98. The number of nitrogens with one attached hydrogen (secondary N) is 1. The van der Waals surface area contributed by atoms with Crippen molar-refractivity contribution in [1.29, 1.82) is 0 Å². The number of unbranched alkanes of at least 4 members (excludes halogenated alkanes) is 1. The van der Waals surface area contributed by atoms with Gasteiger partial charge in [0.2, 0.25) is 11.8 Å². The van der Waals surface area contributed by atoms with E-state index >= 15 is 0 Å². The maximum Gasteiger partial charge on any atom is 0.266 e. The first kappa shape index (κ1) is 21.6. The number of imide groups is 2. The third-order valence-electron chi connectivity index (χ3n) is 4.29. The zero-order chi connectivity index (χ0) is 20.7. The molecular formula is C20H27N3O5. The van der Waals surface area contributed by atoms with Crippen LogP contribution in [0.5, 0.6) is 5.75 Å². The molecule has 1 fully saturated rings. The van der Waals surface area contributed by atoms with Gasteiger partial charge in [0.05, 0.1) is 17.7 Å². The highest BCUT2D eigenvalue weighted by molar-refractivity contribution is 6.24. The van der Waals surface area contributed by atoms with Crippen LogP contribution >= 0.6 is 0 Å². The molecule has 1 atom stereocenters. The van der Waals surface area contributed by atoms with E-state index in [-0.39, 0.29) is 24.0 Å². The number of nitrogens with two attached hydrogens (primary N) is 1. The quantitative estimate of drug-likeness (QED) is 0.564. The molecular weight excluding hydrogens is 362 g/mol. The Morgan fingerprint density at radius 3 is 2.50 bits per heavy atom. The SMILES string of the molecule is CCC.NCCCCOc1cccc2c1C(=O)N(C1CCC(=O)NC1=O)C2=O. The van der Waals surface area contributed by atoms with Gasteiger partial charge in [-0.3, -0.25) is 29.4 Å². The Morgan fingerprint density at radius 2 is 1.86 bits per heavy atom. The van der Waals surface area contributed by atoms with Crippen molar-refractivity contribution in [3.8, 4) is 5.75 Å². The van der Waals surface area contributed by atoms with E-state index in [0.717, 1.165) is 17.7 Å². The Morgan fingerprint density at radius 1 is 1.14 bits per heavy atom. The first-order chi connectivity index (χ1) is 13.5. The topological polar surface area (TPSA) is 119 Å². The first-order valence-electron chi connectivity index (χ1n) is 9.63. The van der Waals surface area contributed by atoms with Gasteiger partial charge in [0.25, 0.3) is 11.8 Å². The highest BCUT2D eigenvalue weighted by Crippen LogP contribution is 2.33. The van der Waals surface area contributed by atoms with Gasteiger partial charge < -0.3 is 10.5 Å². The lowest BCUT2D eigenvalue weighted by Gasteiger charge is -2.27. The van der Waals surface area contributed by atoms with Crippen LogP contribution in [0, 0.1) is 0 Å². The second-order valence-electron chi connectivity index (χ2n) is 6.68. The van der Waals surface area contributed by atoms with Gasteiger partial charge >= 0.3 is 0 Å². The van der Waals surface area contributed by atoms with Gasteiger partial charge in [-0.2, -0.15) is 0 Å². The number of carbonyl (C=O) groups is 4. The average molecular weight is 389 g/mol. The maximum absolute atomic E-state index is 12.8. The van der Waals surface area contributed by atoms with Crippen LogP contribution in [0.4, 0.5) is 0 Å². The molecule has 1 aromatic carbocycles. The molecule has 3 N–H and O–H groups in total. The van der Waals surface area contributed by atoms with Crippen LogP contribution < -0.4 is 15.8 Å². The Bertz CT molecular complexity index is 762. The normalized spacial score (nSPS) is 18.4. The lowest BCUT2D eigenvalue weighted by Crippen LogP contribution is -2.54. The fourth-order valence-corrected chi connectivity index (χ4v) is 3.03. The summed E-state index contributed by atoms with van der Waals surface area (Å²) >= 11 is 0. The van der Waals surface area contributed by atoms with Crippen molar-refractivity contribution >= 4 is 23.6 Å². The van der Waals surface area contributed by atoms with E-state index in [9.17, 15) is 19.2 Å². The Hall–Kier alpha value is -2.74. The molecule has 1 aromatic rings. The van der Waals surface area contributed by atoms with Crippen LogP contribution in [-0.2, 0) is 9.59 Å². The van der Waals surface area contributed by atoms with Crippen molar-refractivity contribution in [3.05, 3.63) is 29.3 Å². The first-order valence-corrected chi connectivity index (χ1v) is 9.63. The number of hydrogen-bond acceptors (Lipinski definition) is 6. The third kappa shape index (κ3) is 4.56. The van der Waals surface area contributed by atoms with Crippen LogP contribution in [0.1, 0.15) is 66.7 Å². The molecule has 0 radical (unpaired) electrons. The molecule has 4 amide bonds. The number of benzene rings is 1. The lowest BCUT2D eigenvalue weighted by atomic mass is 10.0. The van der Waals surface area contributed by atoms with Gasteiger partial charge in [0.15, 0.2) is 0 Å². The minimum atomic E-state index is -0.977. The summed E-state index contributed by atoms with van der Waals surface area (Å²) in [5.41, 5.74) is 5.82. The van der Waals surface area contributed by atoms with Gasteiger partial charge in [-0.05, 0) is 37.9 Å². The Kier molecular flexibility index (Phi) is 7.69. The van der Waals surface area contributed by atoms with Gasteiger partial charge in [0, 0.05) is 6.42 Å². The largest absolute Gasteiger partial charge is 0.493 e. The van der Waals surface area contributed by atoms with E-state index < -0.39 is 29.7 Å². The summed E-state index contributed by atoms with van der Waals surface area (Å²) in [6.07, 6.45) is 3.00. The summed E-state index contributed by atoms with van der Waals surface area (Å²) in [5, 5.41) is 2.17. The van der Waals surface area contributed by atoms with Crippen molar-refractivity contribution in [3.63, 3.8) is 0 Å². The van der Waals surface area contributed by atoms with Crippen molar-refractivity contribution in [2.24, 2.45) is 5.73 Å². The zero-order valence-corrected chi connectivity index (χ0v) is 16.3. The summed E-state index contributed by atoms with van der Waals surface area (Å²) < 4.78 is 5.64. The monoisotopic (exact) mass is 389 g/mol. The molecule has 0 aromatic heterocycles. The summed E-state index contributed by atoms with van der Waals surface area (Å²) in [7, 11) is 0. The summed E-state index contributed by atoms with van der Waals surface area (Å²) in [6, 6.07) is 3.82. The van der Waals surface area contributed by atoms with E-state index in [1.807, 2.05) is 0 Å². The average Bonchev–Trinajstić information content (AvgIpc) is 2.91. The highest BCUT2D eigenvalue weighted by atomic mass is 16.5. The Labute approximate surface area is 164 Å². The van der Waals surface area contributed by atoms with Crippen LogP contribution in [0.3, 0.4) is 0 Å². The number of carbonyl (C=O) groups excluding carboxylic acids is 4. The molecule has 2 aliphatic rings. The van der Waals surface area contributed by atoms with Gasteiger partial charge in [-0.15, -0.1) is 0 Å². The maximum atomic E-state index is 12.8. The van der Waals surface area contributed by atoms with Crippen LogP contribution in [0.15, 0.2) is 18.2 Å². The van der Waals surface area contributed by atoms with Crippen LogP contribution in [-0.4, -0.2) is 47.7 Å². The molecule has 0 bridgehead atoms. The molecule has 2 aliphatic heterocycles. The Balaban J connectivity index is 0.000000878. The van der Waals surface area contributed by atoms with Crippen molar-refractivity contribution in [1.82, 2.24) is 10.2 Å². The van der Waals surface area contributed by atoms with Crippen molar-refractivity contribution in [2.75, 3.05) is 13.2 Å². The number of rotatable bonds is 6. The molecule has 0 aliphatic carbocycles. The molecule has 8 heteroatoms. The predicted octanol–water partition coefficient (Wildman–Crippen LogP) is 1.62. The number of hydrogen-bond donors (Lipinski definition) is 2. The number of ether oxygens (including phenoxy) is 1. The van der Waals surface area contributed by atoms with Gasteiger partial charge in [-0.1, -0.05) is 26.3 Å². The number of piperidine rings is 1. The van der Waals surface area contributed by atoms with Crippen molar-refractivity contribution in [2.45, 2.75) is 52.0 Å². The molecule has 2 heterocycles. The minimum absolute atomic E-state index is 0.0895. The van der Waals surface area contributed by atoms with E-state index in [0.29, 0.717) is 18.9 Å². The number of amides is 4. The number of nitrogens with zero attached hydrogens (tertiary/aromatic N) is 1. The molecule has 8 nitrogen and oxygen atoms in total. The van der Waals surface area contributed by atoms with E-state index in [1.165, 1.54) is 12.5 Å². The zero-order valence-electron chi connectivity index (χ0n) is 16.3. The van der Waals surface area contributed by atoms with E-state index in [1.54, 1.807) is 12.1 Å². The molecule has 1 unspecified atom stereocenters. The minimum Gasteiger partial charge on any atom is -0.493 e. The smallest absolute Gasteiger partial charge is 0.266 e. The molecule has 0 spiro atoms. The summed E-state index contributed by atoms with van der Waals surface area (Å²) in [5.74, 6) is -1.81. The molecule has 0 saturated carbocycles. The standard InChI is InChI=1S/C17H19N3O5.C3H8/c18-8-1-2-9-25-12-5-3-4-10-14(12)17(24)20(16(10)23)11-6-7-13(21)19-15(11)22;1-3-2/h3-5,11H,1-2,6-9,18H2,(H,19,21,22);3H2,1-2H3. The van der Waals surface area contributed by atoms with E-state index in [4.69, 9.17) is 10.5 Å². The fourth-order valence-electron chi connectivity index (χ4n) is 3.03. The molecule has 3 rings (SSSR count). The second-order valence-corrected chi connectivity index (χ2v) is 6.68. The fraction of sp³-hybridized carbons (Fsp3) is 0.500. The molecule has 1 saturated heterocycles. The number of fused-ring (bicyclic) bond motifs is 1. The van der Waals surface area contributed by atoms with Crippen LogP contribution in [0.2, 0.25) is 0 Å².